The van der Waals surface area contributed by atoms with E-state index in [-0.39, 0.29) is 17.6 Å². The molecular formula is C21H22FN5O2S. The van der Waals surface area contributed by atoms with E-state index in [2.05, 4.69) is 10.2 Å². The average Bonchev–Trinajstić information content (AvgIpc) is 3.29. The van der Waals surface area contributed by atoms with Crippen LogP contribution in [0.2, 0.25) is 0 Å². The lowest BCUT2D eigenvalue weighted by molar-refractivity contribution is 0.305. The van der Waals surface area contributed by atoms with Crippen molar-refractivity contribution in [3.63, 3.8) is 0 Å². The smallest absolute Gasteiger partial charge is 0.408 e. The molecular weight excluding hydrogens is 405 g/mol. The normalized spacial score (nSPS) is 12.7. The van der Waals surface area contributed by atoms with Crippen molar-refractivity contribution in [2.24, 2.45) is 0 Å². The van der Waals surface area contributed by atoms with Crippen molar-refractivity contribution in [1.82, 2.24) is 24.2 Å². The lowest BCUT2D eigenvalue weighted by Gasteiger charge is -2.20. The number of thioether (sulfide) groups is 1. The van der Waals surface area contributed by atoms with Gasteiger partial charge in [0.25, 0.3) is 0 Å². The Labute approximate surface area is 177 Å². The number of hydrogen-bond acceptors (Lipinski definition) is 6. The Morgan fingerprint density at radius 3 is 2.60 bits per heavy atom. The summed E-state index contributed by atoms with van der Waals surface area (Å²) in [5, 5.41) is 9.44. The van der Waals surface area contributed by atoms with Gasteiger partial charge in [0, 0.05) is 18.0 Å². The molecule has 0 amide bonds. The summed E-state index contributed by atoms with van der Waals surface area (Å²) in [4.78, 5) is 14.2. The number of aryl methyl sites for hydroxylation is 1. The van der Waals surface area contributed by atoms with Crippen LogP contribution in [0.25, 0.3) is 16.8 Å². The highest BCUT2D eigenvalue weighted by Crippen LogP contribution is 2.27. The van der Waals surface area contributed by atoms with Gasteiger partial charge < -0.3 is 4.42 Å². The maximum Gasteiger partial charge on any atom is 0.419 e. The van der Waals surface area contributed by atoms with E-state index in [1.807, 2.05) is 48.7 Å². The van der Waals surface area contributed by atoms with Crippen molar-refractivity contribution in [3.8, 4) is 5.69 Å². The third kappa shape index (κ3) is 3.90. The number of fused-ring (bicyclic) bond motifs is 1. The van der Waals surface area contributed by atoms with Gasteiger partial charge in [0.1, 0.15) is 5.82 Å². The molecule has 30 heavy (non-hydrogen) atoms. The molecule has 0 saturated heterocycles. The predicted molar refractivity (Wildman–Crippen MR) is 115 cm³/mol. The molecule has 0 aliphatic carbocycles. The molecule has 0 fully saturated rings. The van der Waals surface area contributed by atoms with E-state index in [9.17, 15) is 9.18 Å². The number of hydrogen-bond donors (Lipinski definition) is 0. The minimum absolute atomic E-state index is 0.0114. The number of benzene rings is 2. The minimum atomic E-state index is -0.376. The van der Waals surface area contributed by atoms with Crippen LogP contribution in [0.3, 0.4) is 0 Å². The van der Waals surface area contributed by atoms with Crippen LogP contribution in [0.15, 0.2) is 62.9 Å². The van der Waals surface area contributed by atoms with Gasteiger partial charge in [-0.15, -0.1) is 10.2 Å². The first-order valence-corrected chi connectivity index (χ1v) is 10.5. The van der Waals surface area contributed by atoms with Crippen molar-refractivity contribution < 1.29 is 8.81 Å². The van der Waals surface area contributed by atoms with E-state index in [4.69, 9.17) is 4.42 Å². The van der Waals surface area contributed by atoms with Crippen LogP contribution in [-0.4, -0.2) is 44.1 Å². The molecule has 0 saturated carbocycles. The molecule has 7 nitrogen and oxygen atoms in total. The van der Waals surface area contributed by atoms with E-state index < -0.39 is 0 Å². The van der Waals surface area contributed by atoms with Crippen LogP contribution in [0.4, 0.5) is 4.39 Å². The summed E-state index contributed by atoms with van der Waals surface area (Å²) in [6.45, 7) is 2.50. The molecule has 0 spiro atoms. The summed E-state index contributed by atoms with van der Waals surface area (Å²) in [5.74, 6) is 0.687. The van der Waals surface area contributed by atoms with E-state index in [0.717, 1.165) is 17.0 Å². The highest BCUT2D eigenvalue weighted by molar-refractivity contribution is 7.99. The van der Waals surface area contributed by atoms with Gasteiger partial charge in [-0.1, -0.05) is 23.9 Å². The maximum absolute atomic E-state index is 13.4. The molecule has 0 unspecified atom stereocenters. The summed E-state index contributed by atoms with van der Waals surface area (Å²) < 4.78 is 22.3. The first-order chi connectivity index (χ1) is 14.5. The summed E-state index contributed by atoms with van der Waals surface area (Å²) >= 11 is 1.49. The van der Waals surface area contributed by atoms with Crippen LogP contribution in [0, 0.1) is 5.82 Å². The van der Waals surface area contributed by atoms with Gasteiger partial charge in [-0.2, -0.15) is 0 Å². The first-order valence-electron chi connectivity index (χ1n) is 9.54. The third-order valence-electron chi connectivity index (χ3n) is 5.01. The van der Waals surface area contributed by atoms with Gasteiger partial charge in [-0.05, 0) is 57.4 Å². The Kier molecular flexibility index (Phi) is 5.74. The fourth-order valence-electron chi connectivity index (χ4n) is 3.16. The first kappa shape index (κ1) is 20.4. The van der Waals surface area contributed by atoms with Crippen molar-refractivity contribution >= 4 is 22.9 Å². The lowest BCUT2D eigenvalue weighted by atomic mass is 10.2. The summed E-state index contributed by atoms with van der Waals surface area (Å²) in [5.41, 5.74) is 2.13. The molecule has 0 bridgehead atoms. The zero-order valence-corrected chi connectivity index (χ0v) is 17.8. The minimum Gasteiger partial charge on any atom is -0.408 e. The molecule has 0 radical (unpaired) electrons. The Morgan fingerprint density at radius 2 is 1.87 bits per heavy atom. The molecule has 0 aliphatic rings. The topological polar surface area (TPSA) is 69.1 Å². The Bertz CT molecular complexity index is 1210. The van der Waals surface area contributed by atoms with E-state index in [1.54, 1.807) is 22.8 Å². The fraction of sp³-hybridized carbons (Fsp3) is 0.286. The monoisotopic (exact) mass is 427 g/mol. The van der Waals surface area contributed by atoms with Gasteiger partial charge in [-0.3, -0.25) is 14.0 Å². The Morgan fingerprint density at radius 1 is 1.13 bits per heavy atom. The van der Waals surface area contributed by atoms with E-state index >= 15 is 0 Å². The highest BCUT2D eigenvalue weighted by atomic mass is 32.2. The molecule has 0 N–H and O–H groups in total. The zero-order valence-electron chi connectivity index (χ0n) is 16.9. The molecule has 4 aromatic rings. The van der Waals surface area contributed by atoms with Crippen molar-refractivity contribution in [2.45, 2.75) is 24.7 Å². The van der Waals surface area contributed by atoms with Gasteiger partial charge in [0.2, 0.25) is 0 Å². The van der Waals surface area contributed by atoms with Crippen molar-refractivity contribution in [3.05, 3.63) is 70.7 Å². The molecule has 4 rings (SSSR count). The molecule has 156 valence electrons. The second-order valence-electron chi connectivity index (χ2n) is 7.13. The van der Waals surface area contributed by atoms with Crippen LogP contribution in [0.5, 0.6) is 0 Å². The molecule has 2 heterocycles. The van der Waals surface area contributed by atoms with Crippen LogP contribution < -0.4 is 5.76 Å². The standard InChI is InChI=1S/C21H22FN5O2S/c1-14(25(2)3)19-23-24-20(27(19)16-10-8-15(22)9-11-16)30-13-12-26-17-6-4-5-7-18(17)29-21(26)28/h4-11,14H,12-13H2,1-3H3/t14-/m0/s1. The molecule has 9 heteroatoms. The van der Waals surface area contributed by atoms with E-state index in [0.29, 0.717) is 23.0 Å². The predicted octanol–water partition coefficient (Wildman–Crippen LogP) is 3.73. The summed E-state index contributed by atoms with van der Waals surface area (Å²) in [6.07, 6.45) is 0. The fourth-order valence-corrected chi connectivity index (χ4v) is 4.05. The Hall–Kier alpha value is -2.91. The largest absolute Gasteiger partial charge is 0.419 e. The number of rotatable bonds is 7. The van der Waals surface area contributed by atoms with Gasteiger partial charge >= 0.3 is 5.76 Å². The lowest BCUT2D eigenvalue weighted by Crippen LogP contribution is -2.20. The Balaban J connectivity index is 1.61. The number of aromatic nitrogens is 4. The summed E-state index contributed by atoms with van der Waals surface area (Å²) in [7, 11) is 3.94. The maximum atomic E-state index is 13.4. The van der Waals surface area contributed by atoms with Gasteiger partial charge in [0.15, 0.2) is 16.6 Å². The number of oxazole rings is 1. The second-order valence-corrected chi connectivity index (χ2v) is 8.19. The number of nitrogens with zero attached hydrogens (tertiary/aromatic N) is 5. The summed E-state index contributed by atoms with van der Waals surface area (Å²) in [6, 6.07) is 13.6. The molecule has 2 aromatic carbocycles. The average molecular weight is 428 g/mol. The molecule has 0 aliphatic heterocycles. The van der Waals surface area contributed by atoms with Crippen LogP contribution in [-0.2, 0) is 6.54 Å². The number of halogens is 1. The third-order valence-corrected chi connectivity index (χ3v) is 5.92. The SMILES string of the molecule is C[C@@H](c1nnc(SCCn2c(=O)oc3ccccc32)n1-c1ccc(F)cc1)N(C)C. The highest BCUT2D eigenvalue weighted by Gasteiger charge is 2.21. The molecule has 2 aromatic heterocycles. The zero-order chi connectivity index (χ0) is 21.3. The van der Waals surface area contributed by atoms with Crippen molar-refractivity contribution in [1.29, 1.82) is 0 Å². The van der Waals surface area contributed by atoms with Gasteiger partial charge in [0.05, 0.1) is 11.6 Å². The molecule has 1 atom stereocenters. The number of para-hydroxylation sites is 2. The van der Waals surface area contributed by atoms with Crippen LogP contribution >= 0.6 is 11.8 Å². The van der Waals surface area contributed by atoms with Crippen LogP contribution in [0.1, 0.15) is 18.8 Å². The quantitative estimate of drug-likeness (QED) is 0.419. The van der Waals surface area contributed by atoms with Crippen molar-refractivity contribution in [2.75, 3.05) is 19.8 Å². The van der Waals surface area contributed by atoms with E-state index in [1.165, 1.54) is 23.9 Å². The second kappa shape index (κ2) is 8.45. The van der Waals surface area contributed by atoms with Gasteiger partial charge in [-0.25, -0.2) is 9.18 Å².